The lowest BCUT2D eigenvalue weighted by atomic mass is 9.97. The summed E-state index contributed by atoms with van der Waals surface area (Å²) >= 11 is 0. The third-order valence-electron chi connectivity index (χ3n) is 7.76. The standard InChI is InChI=1S/C30H34F4N6O/c1-17(2)40-16-24(27(37-40)30(32,33)34)22-12-19(15-39-10-9-38(4)29(39)35)13-23(14-22)28(41)36-26(20-5-6-20)21-7-8-25(31)18(3)11-21/h7-8,11-14,16-17,20,26,35H,5-6,9-10,15H2,1-4H3,(H,36,41)/t26-/m0/s1. The maximum atomic E-state index is 14.1. The number of amides is 1. The molecule has 0 unspecified atom stereocenters. The fourth-order valence-corrected chi connectivity index (χ4v) is 5.23. The van der Waals surface area contributed by atoms with Gasteiger partial charge in [-0.15, -0.1) is 0 Å². The van der Waals surface area contributed by atoms with Gasteiger partial charge in [0.05, 0.1) is 6.04 Å². The Hall–Kier alpha value is -3.89. The molecule has 0 radical (unpaired) electrons. The minimum absolute atomic E-state index is 0.108. The molecule has 3 aromatic rings. The van der Waals surface area contributed by atoms with Gasteiger partial charge in [0.2, 0.25) is 0 Å². The van der Waals surface area contributed by atoms with E-state index < -0.39 is 17.8 Å². The zero-order valence-corrected chi connectivity index (χ0v) is 23.5. The fourth-order valence-electron chi connectivity index (χ4n) is 5.23. The van der Waals surface area contributed by atoms with Crippen LogP contribution in [0.4, 0.5) is 17.6 Å². The largest absolute Gasteiger partial charge is 0.435 e. The molecule has 41 heavy (non-hydrogen) atoms. The average Bonchev–Trinajstić information content (AvgIpc) is 3.56. The van der Waals surface area contributed by atoms with E-state index in [9.17, 15) is 22.4 Å². The lowest BCUT2D eigenvalue weighted by molar-refractivity contribution is -0.141. The first-order valence-corrected chi connectivity index (χ1v) is 13.7. The van der Waals surface area contributed by atoms with Crippen LogP contribution in [0.1, 0.15) is 71.5 Å². The van der Waals surface area contributed by atoms with Crippen LogP contribution in [-0.4, -0.2) is 51.6 Å². The Kier molecular flexibility index (Phi) is 7.56. The summed E-state index contributed by atoms with van der Waals surface area (Å²) in [7, 11) is 1.81. The van der Waals surface area contributed by atoms with Crippen LogP contribution in [0.5, 0.6) is 0 Å². The molecule has 1 aliphatic heterocycles. The molecule has 1 saturated carbocycles. The number of hydrogen-bond acceptors (Lipinski definition) is 3. The number of benzene rings is 2. The smallest absolute Gasteiger partial charge is 0.345 e. The van der Waals surface area contributed by atoms with Crippen LogP contribution in [0.3, 0.4) is 0 Å². The second-order valence-corrected chi connectivity index (χ2v) is 11.3. The molecule has 218 valence electrons. The first-order valence-electron chi connectivity index (χ1n) is 13.7. The predicted molar refractivity (Wildman–Crippen MR) is 148 cm³/mol. The summed E-state index contributed by atoms with van der Waals surface area (Å²) in [5.74, 6) is -0.239. The summed E-state index contributed by atoms with van der Waals surface area (Å²) in [6.45, 7) is 6.68. The molecule has 1 atom stereocenters. The molecule has 2 heterocycles. The van der Waals surface area contributed by atoms with Crippen molar-refractivity contribution in [2.24, 2.45) is 5.92 Å². The molecule has 2 N–H and O–H groups in total. The lowest BCUT2D eigenvalue weighted by Crippen LogP contribution is -2.31. The number of halogens is 4. The van der Waals surface area contributed by atoms with Gasteiger partial charge in [-0.1, -0.05) is 12.1 Å². The van der Waals surface area contributed by atoms with Crippen LogP contribution < -0.4 is 5.32 Å². The topological polar surface area (TPSA) is 77.3 Å². The van der Waals surface area contributed by atoms with Crippen LogP contribution in [-0.2, 0) is 12.7 Å². The quantitative estimate of drug-likeness (QED) is 0.318. The summed E-state index contributed by atoms with van der Waals surface area (Å²) in [5, 5.41) is 15.2. The van der Waals surface area contributed by atoms with Crippen molar-refractivity contribution in [1.82, 2.24) is 24.9 Å². The minimum Gasteiger partial charge on any atom is -0.345 e. The van der Waals surface area contributed by atoms with Gasteiger partial charge < -0.3 is 15.1 Å². The number of hydrogen-bond donors (Lipinski definition) is 2. The molecule has 0 spiro atoms. The van der Waals surface area contributed by atoms with Crippen molar-refractivity contribution < 1.29 is 22.4 Å². The van der Waals surface area contributed by atoms with E-state index in [1.807, 2.05) is 11.9 Å². The molecule has 2 aromatic carbocycles. The number of nitrogens with one attached hydrogen (secondary N) is 2. The van der Waals surface area contributed by atoms with E-state index in [2.05, 4.69) is 10.4 Å². The van der Waals surface area contributed by atoms with Crippen LogP contribution in [0.25, 0.3) is 11.1 Å². The van der Waals surface area contributed by atoms with Gasteiger partial charge >= 0.3 is 6.18 Å². The van der Waals surface area contributed by atoms with E-state index in [0.29, 0.717) is 30.2 Å². The molecule has 1 amide bonds. The number of likely N-dealkylation sites (N-methyl/N-ethyl adjacent to an activating group) is 1. The van der Waals surface area contributed by atoms with Gasteiger partial charge in [-0.05, 0) is 86.1 Å². The number of alkyl halides is 3. The molecule has 5 rings (SSSR count). The third-order valence-corrected chi connectivity index (χ3v) is 7.76. The highest BCUT2D eigenvalue weighted by Gasteiger charge is 2.38. The van der Waals surface area contributed by atoms with Crippen LogP contribution in [0, 0.1) is 24.1 Å². The Morgan fingerprint density at radius 3 is 2.46 bits per heavy atom. The van der Waals surface area contributed by atoms with Crippen LogP contribution in [0.2, 0.25) is 0 Å². The van der Waals surface area contributed by atoms with Gasteiger partial charge in [0.25, 0.3) is 5.91 Å². The van der Waals surface area contributed by atoms with E-state index in [0.717, 1.165) is 18.4 Å². The number of aryl methyl sites for hydroxylation is 1. The van der Waals surface area contributed by atoms with Gasteiger partial charge in [-0.25, -0.2) is 4.39 Å². The van der Waals surface area contributed by atoms with Gasteiger partial charge in [0, 0.05) is 50.0 Å². The number of rotatable bonds is 8. The number of guanidine groups is 1. The zero-order chi connectivity index (χ0) is 29.6. The van der Waals surface area contributed by atoms with E-state index in [-0.39, 0.29) is 47.1 Å². The first kappa shape index (κ1) is 28.6. The SMILES string of the molecule is Cc1cc([C@@H](NC(=O)c2cc(CN3CCN(C)C3=N)cc(-c3cn(C(C)C)nc3C(F)(F)F)c2)C2CC2)ccc1F. The highest BCUT2D eigenvalue weighted by Crippen LogP contribution is 2.42. The molecule has 2 fully saturated rings. The molecule has 1 aliphatic carbocycles. The predicted octanol–water partition coefficient (Wildman–Crippen LogP) is 6.16. The fraction of sp³-hybridized carbons (Fsp3) is 0.433. The van der Waals surface area contributed by atoms with E-state index in [4.69, 9.17) is 5.41 Å². The van der Waals surface area contributed by atoms with Crippen molar-refractivity contribution in [2.75, 3.05) is 20.1 Å². The second-order valence-electron chi connectivity index (χ2n) is 11.3. The summed E-state index contributed by atoms with van der Waals surface area (Å²) in [6.07, 6.45) is -1.49. The van der Waals surface area contributed by atoms with E-state index in [1.165, 1.54) is 23.0 Å². The average molecular weight is 571 g/mol. The first-order chi connectivity index (χ1) is 19.3. The summed E-state index contributed by atoms with van der Waals surface area (Å²) in [4.78, 5) is 17.3. The maximum absolute atomic E-state index is 14.1. The number of carbonyl (C=O) groups is 1. The van der Waals surface area contributed by atoms with Crippen LogP contribution >= 0.6 is 0 Å². The van der Waals surface area contributed by atoms with Crippen molar-refractivity contribution in [1.29, 1.82) is 5.41 Å². The Labute approximate surface area is 236 Å². The number of aromatic nitrogens is 2. The van der Waals surface area contributed by atoms with E-state index in [1.54, 1.807) is 49.9 Å². The molecule has 1 saturated heterocycles. The van der Waals surface area contributed by atoms with Crippen molar-refractivity contribution in [3.05, 3.63) is 76.4 Å². The third kappa shape index (κ3) is 6.08. The van der Waals surface area contributed by atoms with E-state index >= 15 is 0 Å². The monoisotopic (exact) mass is 570 g/mol. The van der Waals surface area contributed by atoms with Crippen molar-refractivity contribution >= 4 is 11.9 Å². The molecule has 0 bridgehead atoms. The highest BCUT2D eigenvalue weighted by atomic mass is 19.4. The highest BCUT2D eigenvalue weighted by molar-refractivity contribution is 5.96. The Bertz CT molecular complexity index is 1480. The summed E-state index contributed by atoms with van der Waals surface area (Å²) in [5.41, 5.74) is 1.20. The maximum Gasteiger partial charge on any atom is 0.435 e. The zero-order valence-electron chi connectivity index (χ0n) is 23.5. The molecule has 7 nitrogen and oxygen atoms in total. The molecule has 2 aliphatic rings. The second kappa shape index (κ2) is 10.8. The normalized spacial score (nSPS) is 16.6. The summed E-state index contributed by atoms with van der Waals surface area (Å²) in [6, 6.07) is 8.92. The Morgan fingerprint density at radius 2 is 1.88 bits per heavy atom. The van der Waals surface area contributed by atoms with Crippen LogP contribution in [0.15, 0.2) is 42.6 Å². The molecule has 1 aromatic heterocycles. The van der Waals surface area contributed by atoms with Gasteiger partial charge in [0.1, 0.15) is 5.82 Å². The van der Waals surface area contributed by atoms with Gasteiger partial charge in [0.15, 0.2) is 11.7 Å². The Morgan fingerprint density at radius 1 is 1.15 bits per heavy atom. The Balaban J connectivity index is 1.55. The number of nitrogens with zero attached hydrogens (tertiary/aromatic N) is 4. The molecular formula is C30H34F4N6O. The van der Waals surface area contributed by atoms with Crippen molar-refractivity contribution in [3.8, 4) is 11.1 Å². The lowest BCUT2D eigenvalue weighted by Gasteiger charge is -2.22. The van der Waals surface area contributed by atoms with Crippen molar-refractivity contribution in [3.63, 3.8) is 0 Å². The minimum atomic E-state index is -4.69. The van der Waals surface area contributed by atoms with Gasteiger partial charge in [-0.3, -0.25) is 14.9 Å². The molecule has 11 heteroatoms. The van der Waals surface area contributed by atoms with Gasteiger partial charge in [-0.2, -0.15) is 18.3 Å². The molecular weight excluding hydrogens is 536 g/mol. The summed E-state index contributed by atoms with van der Waals surface area (Å²) < 4.78 is 57.5. The number of carbonyl (C=O) groups excluding carboxylic acids is 1. The van der Waals surface area contributed by atoms with Crippen molar-refractivity contribution in [2.45, 2.75) is 58.4 Å².